The standard InChI is InChI=1S/C11H18N4O2S/c1-13-9-11(8-12-13)18(16,17)15-6-4-14(5-7-15)10-2-3-10/h8-10H,2-7H2,1H3. The highest BCUT2D eigenvalue weighted by molar-refractivity contribution is 7.89. The van der Waals surface area contributed by atoms with Crippen LogP contribution < -0.4 is 0 Å². The van der Waals surface area contributed by atoms with Crippen molar-refractivity contribution in [2.75, 3.05) is 26.2 Å². The number of hydrogen-bond donors (Lipinski definition) is 0. The van der Waals surface area contributed by atoms with Crippen LogP contribution in [0.1, 0.15) is 12.8 Å². The fraction of sp³-hybridized carbons (Fsp3) is 0.727. The maximum absolute atomic E-state index is 12.3. The van der Waals surface area contributed by atoms with E-state index < -0.39 is 10.0 Å². The van der Waals surface area contributed by atoms with Gasteiger partial charge < -0.3 is 0 Å². The second kappa shape index (κ2) is 4.32. The van der Waals surface area contributed by atoms with Crippen molar-refractivity contribution >= 4 is 10.0 Å². The Morgan fingerprint density at radius 2 is 1.89 bits per heavy atom. The summed E-state index contributed by atoms with van der Waals surface area (Å²) >= 11 is 0. The van der Waals surface area contributed by atoms with Crippen LogP contribution >= 0.6 is 0 Å². The first-order valence-corrected chi connectivity index (χ1v) is 7.74. The number of rotatable bonds is 3. The Hall–Kier alpha value is -0.920. The van der Waals surface area contributed by atoms with E-state index in [0.717, 1.165) is 13.1 Å². The second-order valence-electron chi connectivity index (χ2n) is 5.02. The minimum atomic E-state index is -3.35. The van der Waals surface area contributed by atoms with E-state index in [2.05, 4.69) is 10.00 Å². The monoisotopic (exact) mass is 270 g/mol. The van der Waals surface area contributed by atoms with Crippen molar-refractivity contribution in [3.8, 4) is 0 Å². The molecule has 6 nitrogen and oxygen atoms in total. The summed E-state index contributed by atoms with van der Waals surface area (Å²) in [4.78, 5) is 2.69. The molecule has 1 saturated heterocycles. The third-order valence-corrected chi connectivity index (χ3v) is 5.51. The molecular formula is C11H18N4O2S. The zero-order chi connectivity index (χ0) is 12.8. The van der Waals surface area contributed by atoms with Crippen molar-refractivity contribution in [1.82, 2.24) is 19.0 Å². The van der Waals surface area contributed by atoms with Crippen LogP contribution in [0.2, 0.25) is 0 Å². The van der Waals surface area contributed by atoms with E-state index >= 15 is 0 Å². The maximum atomic E-state index is 12.3. The van der Waals surface area contributed by atoms with E-state index in [1.165, 1.54) is 23.7 Å². The summed E-state index contributed by atoms with van der Waals surface area (Å²) in [5.74, 6) is 0. The lowest BCUT2D eigenvalue weighted by molar-refractivity contribution is 0.180. The lowest BCUT2D eigenvalue weighted by Crippen LogP contribution is -2.49. The van der Waals surface area contributed by atoms with Crippen LogP contribution in [0.5, 0.6) is 0 Å². The number of sulfonamides is 1. The first-order chi connectivity index (χ1) is 8.57. The van der Waals surface area contributed by atoms with E-state index in [1.807, 2.05) is 0 Å². The van der Waals surface area contributed by atoms with Gasteiger partial charge in [0.25, 0.3) is 0 Å². The molecule has 1 aromatic rings. The number of hydrogen-bond acceptors (Lipinski definition) is 4. The fourth-order valence-electron chi connectivity index (χ4n) is 2.43. The zero-order valence-corrected chi connectivity index (χ0v) is 11.3. The van der Waals surface area contributed by atoms with Gasteiger partial charge in [-0.05, 0) is 12.8 Å². The Labute approximate surface area is 107 Å². The molecule has 0 amide bonds. The lowest BCUT2D eigenvalue weighted by Gasteiger charge is -2.33. The Bertz CT molecular complexity index is 527. The van der Waals surface area contributed by atoms with Gasteiger partial charge in [0, 0.05) is 45.5 Å². The predicted molar refractivity (Wildman–Crippen MR) is 66.6 cm³/mol. The molecule has 1 aliphatic heterocycles. The highest BCUT2D eigenvalue weighted by atomic mass is 32.2. The van der Waals surface area contributed by atoms with Crippen molar-refractivity contribution < 1.29 is 8.42 Å². The predicted octanol–water partition coefficient (Wildman–Crippen LogP) is -0.111. The molecule has 3 rings (SSSR count). The van der Waals surface area contributed by atoms with E-state index in [4.69, 9.17) is 0 Å². The summed E-state index contributed by atoms with van der Waals surface area (Å²) in [6, 6.07) is 0.716. The molecule has 2 fully saturated rings. The number of nitrogens with zero attached hydrogens (tertiary/aromatic N) is 4. The van der Waals surface area contributed by atoms with Crippen molar-refractivity contribution in [1.29, 1.82) is 0 Å². The summed E-state index contributed by atoms with van der Waals surface area (Å²) in [5, 5.41) is 3.93. The van der Waals surface area contributed by atoms with Gasteiger partial charge in [-0.25, -0.2) is 8.42 Å². The van der Waals surface area contributed by atoms with Gasteiger partial charge in [-0.3, -0.25) is 9.58 Å². The van der Waals surface area contributed by atoms with Gasteiger partial charge in [-0.15, -0.1) is 0 Å². The fourth-order valence-corrected chi connectivity index (χ4v) is 3.84. The average Bonchev–Trinajstić information content (AvgIpc) is 3.11. The Balaban J connectivity index is 1.71. The van der Waals surface area contributed by atoms with Gasteiger partial charge in [0.15, 0.2) is 0 Å². The topological polar surface area (TPSA) is 58.4 Å². The molecule has 2 aliphatic rings. The van der Waals surface area contributed by atoms with Gasteiger partial charge in [-0.1, -0.05) is 0 Å². The van der Waals surface area contributed by atoms with Gasteiger partial charge in [0.2, 0.25) is 10.0 Å². The van der Waals surface area contributed by atoms with E-state index in [-0.39, 0.29) is 0 Å². The normalized spacial score (nSPS) is 23.4. The van der Waals surface area contributed by atoms with E-state index in [0.29, 0.717) is 24.0 Å². The summed E-state index contributed by atoms with van der Waals surface area (Å²) in [5.41, 5.74) is 0. The molecule has 0 radical (unpaired) electrons. The molecule has 0 unspecified atom stereocenters. The van der Waals surface area contributed by atoms with E-state index in [9.17, 15) is 8.42 Å². The summed E-state index contributed by atoms with van der Waals surface area (Å²) in [7, 11) is -1.62. The third-order valence-electron chi connectivity index (χ3n) is 3.66. The first-order valence-electron chi connectivity index (χ1n) is 6.30. The molecule has 1 aliphatic carbocycles. The van der Waals surface area contributed by atoms with Gasteiger partial charge >= 0.3 is 0 Å². The van der Waals surface area contributed by atoms with E-state index in [1.54, 1.807) is 17.5 Å². The minimum Gasteiger partial charge on any atom is -0.298 e. The van der Waals surface area contributed by atoms with Crippen molar-refractivity contribution in [2.45, 2.75) is 23.8 Å². The third kappa shape index (κ3) is 2.17. The van der Waals surface area contributed by atoms with Crippen LogP contribution in [0.4, 0.5) is 0 Å². The van der Waals surface area contributed by atoms with Gasteiger partial charge in [-0.2, -0.15) is 9.40 Å². The Morgan fingerprint density at radius 1 is 1.22 bits per heavy atom. The van der Waals surface area contributed by atoms with Crippen LogP contribution in [-0.2, 0) is 17.1 Å². The summed E-state index contributed by atoms with van der Waals surface area (Å²) in [6.07, 6.45) is 5.52. The number of aryl methyl sites for hydroxylation is 1. The van der Waals surface area contributed by atoms with Crippen LogP contribution in [0.15, 0.2) is 17.3 Å². The molecule has 1 saturated carbocycles. The molecule has 0 N–H and O–H groups in total. The number of aromatic nitrogens is 2. The van der Waals surface area contributed by atoms with Crippen LogP contribution in [-0.4, -0.2) is 59.6 Å². The molecule has 2 heterocycles. The second-order valence-corrected chi connectivity index (χ2v) is 6.96. The zero-order valence-electron chi connectivity index (χ0n) is 10.5. The molecule has 0 aromatic carbocycles. The van der Waals surface area contributed by atoms with Crippen molar-refractivity contribution in [2.24, 2.45) is 7.05 Å². The quantitative estimate of drug-likeness (QED) is 0.769. The first kappa shape index (κ1) is 12.1. The Kier molecular flexibility index (Phi) is 2.91. The lowest BCUT2D eigenvalue weighted by atomic mass is 10.3. The smallest absolute Gasteiger partial charge is 0.246 e. The molecular weight excluding hydrogens is 252 g/mol. The highest BCUT2D eigenvalue weighted by Crippen LogP contribution is 2.28. The van der Waals surface area contributed by atoms with Crippen molar-refractivity contribution in [3.05, 3.63) is 12.4 Å². The van der Waals surface area contributed by atoms with Crippen LogP contribution in [0, 0.1) is 0 Å². The summed E-state index contributed by atoms with van der Waals surface area (Å²) < 4.78 is 27.8. The summed E-state index contributed by atoms with van der Waals surface area (Å²) in [6.45, 7) is 2.88. The number of piperazine rings is 1. The molecule has 100 valence electrons. The average molecular weight is 270 g/mol. The molecule has 0 spiro atoms. The Morgan fingerprint density at radius 3 is 2.39 bits per heavy atom. The highest BCUT2D eigenvalue weighted by Gasteiger charge is 2.35. The molecule has 1 aromatic heterocycles. The maximum Gasteiger partial charge on any atom is 0.246 e. The van der Waals surface area contributed by atoms with Crippen LogP contribution in [0.3, 0.4) is 0 Å². The molecule has 0 atom stereocenters. The molecule has 18 heavy (non-hydrogen) atoms. The van der Waals surface area contributed by atoms with Crippen molar-refractivity contribution in [3.63, 3.8) is 0 Å². The molecule has 0 bridgehead atoms. The van der Waals surface area contributed by atoms with Gasteiger partial charge in [0.1, 0.15) is 4.90 Å². The molecule has 7 heteroatoms. The SMILES string of the molecule is Cn1cc(S(=O)(=O)N2CCN(C3CC3)CC2)cn1. The van der Waals surface area contributed by atoms with Gasteiger partial charge in [0.05, 0.1) is 6.20 Å². The largest absolute Gasteiger partial charge is 0.298 e. The minimum absolute atomic E-state index is 0.296. The van der Waals surface area contributed by atoms with Crippen LogP contribution in [0.25, 0.3) is 0 Å².